The van der Waals surface area contributed by atoms with Crippen LogP contribution in [0.25, 0.3) is 0 Å². The van der Waals surface area contributed by atoms with Crippen LogP contribution in [0.4, 0.5) is 0 Å². The third-order valence-electron chi connectivity index (χ3n) is 2.71. The van der Waals surface area contributed by atoms with Gasteiger partial charge in [0.1, 0.15) is 0 Å². The highest BCUT2D eigenvalue weighted by Crippen LogP contribution is 2.17. The lowest BCUT2D eigenvalue weighted by molar-refractivity contribution is -0.147. The van der Waals surface area contributed by atoms with Crippen LogP contribution in [0.2, 0.25) is 0 Å². The number of methoxy groups -OCH3 is 1. The number of carbonyl (C=O) groups excluding carboxylic acids is 2. The smallest absolute Gasteiger partial charge is 0.309 e. The summed E-state index contributed by atoms with van der Waals surface area (Å²) in [7, 11) is 1.41. The quantitative estimate of drug-likeness (QED) is 0.655. The Hall–Kier alpha value is -1.10. The number of nitrogens with zero attached hydrogens (tertiary/aromatic N) is 1. The summed E-state index contributed by atoms with van der Waals surface area (Å²) >= 11 is 0. The van der Waals surface area contributed by atoms with E-state index >= 15 is 0 Å². The number of amides is 1. The van der Waals surface area contributed by atoms with Crippen LogP contribution in [0.3, 0.4) is 0 Å². The first kappa shape index (κ1) is 12.0. The van der Waals surface area contributed by atoms with Gasteiger partial charge in [0.25, 0.3) is 0 Å². The molecule has 1 heterocycles. The number of carbonyl (C=O) groups is 2. The normalized spacial score (nSPS) is 22.3. The molecule has 0 aromatic rings. The van der Waals surface area contributed by atoms with Gasteiger partial charge in [-0.2, -0.15) is 0 Å². The van der Waals surface area contributed by atoms with E-state index in [0.717, 1.165) is 19.4 Å². The fourth-order valence-corrected chi connectivity index (χ4v) is 1.89. The Morgan fingerprint density at radius 1 is 1.53 bits per heavy atom. The third-order valence-corrected chi connectivity index (χ3v) is 2.71. The molecule has 5 heteroatoms. The van der Waals surface area contributed by atoms with E-state index in [4.69, 9.17) is 10.5 Å². The minimum Gasteiger partial charge on any atom is -0.469 e. The number of rotatable bonds is 4. The molecule has 0 bridgehead atoms. The molecular weight excluding hydrogens is 196 g/mol. The zero-order valence-electron chi connectivity index (χ0n) is 9.07. The Bertz CT molecular complexity index is 243. The molecule has 15 heavy (non-hydrogen) atoms. The fraction of sp³-hybridized carbons (Fsp3) is 0.800. The first-order chi connectivity index (χ1) is 7.13. The fourth-order valence-electron chi connectivity index (χ4n) is 1.89. The summed E-state index contributed by atoms with van der Waals surface area (Å²) < 4.78 is 4.71. The maximum Gasteiger partial charge on any atom is 0.309 e. The van der Waals surface area contributed by atoms with E-state index in [2.05, 4.69) is 4.90 Å². The first-order valence-corrected chi connectivity index (χ1v) is 5.22. The number of hydrogen-bond donors (Lipinski definition) is 1. The molecule has 0 spiro atoms. The molecule has 0 aliphatic carbocycles. The molecule has 1 amide bonds. The lowest BCUT2D eigenvalue weighted by Crippen LogP contribution is -2.40. The SMILES string of the molecule is COC(=O)[C@H]1CCCN(CCC(N)=O)C1. The van der Waals surface area contributed by atoms with Crippen molar-refractivity contribution in [3.8, 4) is 0 Å². The van der Waals surface area contributed by atoms with Crippen molar-refractivity contribution < 1.29 is 14.3 Å². The van der Waals surface area contributed by atoms with E-state index in [1.54, 1.807) is 0 Å². The van der Waals surface area contributed by atoms with Crippen molar-refractivity contribution in [3.63, 3.8) is 0 Å². The van der Waals surface area contributed by atoms with Gasteiger partial charge in [0, 0.05) is 19.5 Å². The van der Waals surface area contributed by atoms with Gasteiger partial charge >= 0.3 is 5.97 Å². The molecular formula is C10H18N2O3. The molecule has 0 aromatic heterocycles. The van der Waals surface area contributed by atoms with E-state index in [0.29, 0.717) is 19.5 Å². The average Bonchev–Trinajstić information content (AvgIpc) is 2.25. The molecule has 2 N–H and O–H groups in total. The summed E-state index contributed by atoms with van der Waals surface area (Å²) in [5, 5.41) is 0. The molecule has 0 radical (unpaired) electrons. The van der Waals surface area contributed by atoms with Gasteiger partial charge in [-0.3, -0.25) is 9.59 Å². The number of likely N-dealkylation sites (tertiary alicyclic amines) is 1. The zero-order valence-corrected chi connectivity index (χ0v) is 9.07. The maximum atomic E-state index is 11.3. The second kappa shape index (κ2) is 5.70. The second-order valence-electron chi connectivity index (χ2n) is 3.88. The number of ether oxygens (including phenoxy) is 1. The van der Waals surface area contributed by atoms with Crippen LogP contribution < -0.4 is 5.73 Å². The zero-order chi connectivity index (χ0) is 11.3. The van der Waals surface area contributed by atoms with Crippen LogP contribution in [-0.2, 0) is 14.3 Å². The molecule has 0 saturated carbocycles. The number of nitrogens with two attached hydrogens (primary N) is 1. The van der Waals surface area contributed by atoms with Crippen molar-refractivity contribution in [1.82, 2.24) is 4.90 Å². The summed E-state index contributed by atoms with van der Waals surface area (Å²) in [6.45, 7) is 2.25. The Balaban J connectivity index is 2.35. The summed E-state index contributed by atoms with van der Waals surface area (Å²) in [6, 6.07) is 0. The summed E-state index contributed by atoms with van der Waals surface area (Å²) in [4.78, 5) is 24.0. The number of piperidine rings is 1. The van der Waals surface area contributed by atoms with Gasteiger partial charge in [-0.05, 0) is 19.4 Å². The van der Waals surface area contributed by atoms with Gasteiger partial charge in [-0.15, -0.1) is 0 Å². The Kier molecular flexibility index (Phi) is 4.55. The number of esters is 1. The molecule has 5 nitrogen and oxygen atoms in total. The third kappa shape index (κ3) is 3.87. The predicted octanol–water partition coefficient (Wildman–Crippen LogP) is -0.253. The van der Waals surface area contributed by atoms with Crippen molar-refractivity contribution in [1.29, 1.82) is 0 Å². The van der Waals surface area contributed by atoms with E-state index in [1.165, 1.54) is 7.11 Å². The Labute approximate surface area is 89.6 Å². The molecule has 1 aliphatic rings. The van der Waals surface area contributed by atoms with Gasteiger partial charge in [0.15, 0.2) is 0 Å². The summed E-state index contributed by atoms with van der Waals surface area (Å²) in [6.07, 6.45) is 2.20. The highest BCUT2D eigenvalue weighted by molar-refractivity contribution is 5.74. The molecule has 1 fully saturated rings. The second-order valence-corrected chi connectivity index (χ2v) is 3.88. The lowest BCUT2D eigenvalue weighted by atomic mass is 9.98. The Morgan fingerprint density at radius 3 is 2.87 bits per heavy atom. The first-order valence-electron chi connectivity index (χ1n) is 5.22. The van der Waals surface area contributed by atoms with Crippen molar-refractivity contribution in [3.05, 3.63) is 0 Å². The van der Waals surface area contributed by atoms with E-state index < -0.39 is 0 Å². The molecule has 0 unspecified atom stereocenters. The molecule has 1 aliphatic heterocycles. The van der Waals surface area contributed by atoms with Gasteiger partial charge in [0.05, 0.1) is 13.0 Å². The van der Waals surface area contributed by atoms with Crippen LogP contribution in [0, 0.1) is 5.92 Å². The van der Waals surface area contributed by atoms with E-state index in [9.17, 15) is 9.59 Å². The predicted molar refractivity (Wildman–Crippen MR) is 55.0 cm³/mol. The van der Waals surface area contributed by atoms with Crippen molar-refractivity contribution in [2.24, 2.45) is 11.7 Å². The molecule has 1 saturated heterocycles. The minimum absolute atomic E-state index is 0.0448. The molecule has 1 rings (SSSR count). The highest BCUT2D eigenvalue weighted by atomic mass is 16.5. The molecule has 0 aromatic carbocycles. The number of hydrogen-bond acceptors (Lipinski definition) is 4. The molecule has 86 valence electrons. The van der Waals surface area contributed by atoms with E-state index in [1.807, 2.05) is 0 Å². The highest BCUT2D eigenvalue weighted by Gasteiger charge is 2.26. The number of primary amides is 1. The van der Waals surface area contributed by atoms with Crippen LogP contribution in [0.15, 0.2) is 0 Å². The van der Waals surface area contributed by atoms with Gasteiger partial charge in [-0.1, -0.05) is 0 Å². The van der Waals surface area contributed by atoms with Crippen LogP contribution >= 0.6 is 0 Å². The van der Waals surface area contributed by atoms with Gasteiger partial charge < -0.3 is 15.4 Å². The van der Waals surface area contributed by atoms with Crippen LogP contribution in [0.1, 0.15) is 19.3 Å². The molecule has 1 atom stereocenters. The summed E-state index contributed by atoms with van der Waals surface area (Å²) in [5.74, 6) is -0.495. The lowest BCUT2D eigenvalue weighted by Gasteiger charge is -2.30. The minimum atomic E-state index is -0.296. The topological polar surface area (TPSA) is 72.6 Å². The Morgan fingerprint density at radius 2 is 2.27 bits per heavy atom. The maximum absolute atomic E-state index is 11.3. The average molecular weight is 214 g/mol. The summed E-state index contributed by atoms with van der Waals surface area (Å²) in [5.41, 5.74) is 5.07. The van der Waals surface area contributed by atoms with Crippen molar-refractivity contribution in [2.45, 2.75) is 19.3 Å². The monoisotopic (exact) mass is 214 g/mol. The largest absolute Gasteiger partial charge is 0.469 e. The van der Waals surface area contributed by atoms with Crippen molar-refractivity contribution >= 4 is 11.9 Å². The van der Waals surface area contributed by atoms with E-state index in [-0.39, 0.29) is 17.8 Å². The van der Waals surface area contributed by atoms with Crippen LogP contribution in [-0.4, -0.2) is 43.5 Å². The van der Waals surface area contributed by atoms with Gasteiger partial charge in [0.2, 0.25) is 5.91 Å². The van der Waals surface area contributed by atoms with Gasteiger partial charge in [-0.25, -0.2) is 0 Å². The standard InChI is InChI=1S/C10H18N2O3/c1-15-10(14)8-3-2-5-12(7-8)6-4-9(11)13/h8H,2-7H2,1H3,(H2,11,13)/t8-/m0/s1. The van der Waals surface area contributed by atoms with Crippen molar-refractivity contribution in [2.75, 3.05) is 26.7 Å². The van der Waals surface area contributed by atoms with Crippen LogP contribution in [0.5, 0.6) is 0 Å².